The SMILES string of the molecule is C[C@H](NC(=O)CCc1nc2cccnc2n1Cc1ccc(OC(F)F)cc1)c1ccc(Cl)cc1. The van der Waals surface area contributed by atoms with Gasteiger partial charge in [0.1, 0.15) is 17.1 Å². The highest BCUT2D eigenvalue weighted by Crippen LogP contribution is 2.20. The summed E-state index contributed by atoms with van der Waals surface area (Å²) in [5.41, 5.74) is 3.26. The zero-order valence-electron chi connectivity index (χ0n) is 18.4. The molecule has 0 saturated carbocycles. The first-order valence-corrected chi connectivity index (χ1v) is 11.2. The van der Waals surface area contributed by atoms with Crippen molar-refractivity contribution in [2.75, 3.05) is 0 Å². The maximum absolute atomic E-state index is 12.6. The molecule has 1 atom stereocenters. The van der Waals surface area contributed by atoms with E-state index in [1.165, 1.54) is 12.1 Å². The Hall–Kier alpha value is -3.52. The van der Waals surface area contributed by atoms with Crippen molar-refractivity contribution in [2.45, 2.75) is 39.0 Å². The van der Waals surface area contributed by atoms with E-state index in [0.717, 1.165) is 22.5 Å². The van der Waals surface area contributed by atoms with Crippen LogP contribution in [0.25, 0.3) is 11.2 Å². The lowest BCUT2D eigenvalue weighted by Crippen LogP contribution is -2.27. The van der Waals surface area contributed by atoms with Gasteiger partial charge in [-0.3, -0.25) is 4.79 Å². The summed E-state index contributed by atoms with van der Waals surface area (Å²) in [5.74, 6) is 0.720. The smallest absolute Gasteiger partial charge is 0.387 e. The van der Waals surface area contributed by atoms with E-state index < -0.39 is 6.61 Å². The first-order chi connectivity index (χ1) is 16.4. The third kappa shape index (κ3) is 5.88. The van der Waals surface area contributed by atoms with Crippen molar-refractivity contribution >= 4 is 28.7 Å². The standard InChI is InChI=1S/C25H23ClF2N4O2/c1-16(18-6-8-19(26)9-7-18)30-23(33)13-12-22-31-21-3-2-14-29-24(21)32(22)15-17-4-10-20(11-5-17)34-25(27)28/h2-11,14,16,25H,12-13,15H2,1H3,(H,30,33)/t16-/m0/s1. The summed E-state index contributed by atoms with van der Waals surface area (Å²) in [7, 11) is 0. The van der Waals surface area contributed by atoms with Crippen LogP contribution >= 0.6 is 11.6 Å². The van der Waals surface area contributed by atoms with Gasteiger partial charge in [0, 0.05) is 24.1 Å². The van der Waals surface area contributed by atoms with Gasteiger partial charge in [0.25, 0.3) is 0 Å². The van der Waals surface area contributed by atoms with E-state index in [1.807, 2.05) is 29.7 Å². The van der Waals surface area contributed by atoms with Crippen LogP contribution in [-0.2, 0) is 17.8 Å². The number of hydrogen-bond acceptors (Lipinski definition) is 4. The molecular weight excluding hydrogens is 462 g/mol. The molecule has 0 radical (unpaired) electrons. The zero-order chi connectivity index (χ0) is 24.1. The van der Waals surface area contributed by atoms with Gasteiger partial charge in [-0.25, -0.2) is 9.97 Å². The molecule has 0 aliphatic rings. The van der Waals surface area contributed by atoms with Crippen molar-refractivity contribution in [3.8, 4) is 5.75 Å². The highest BCUT2D eigenvalue weighted by atomic mass is 35.5. The Morgan fingerprint density at radius 1 is 1.12 bits per heavy atom. The van der Waals surface area contributed by atoms with Crippen molar-refractivity contribution in [3.63, 3.8) is 0 Å². The van der Waals surface area contributed by atoms with Gasteiger partial charge in [-0.1, -0.05) is 35.9 Å². The minimum atomic E-state index is -2.87. The molecule has 1 amide bonds. The Morgan fingerprint density at radius 3 is 2.56 bits per heavy atom. The quantitative estimate of drug-likeness (QED) is 0.338. The Labute approximate surface area is 200 Å². The van der Waals surface area contributed by atoms with Crippen LogP contribution < -0.4 is 10.1 Å². The molecule has 6 nitrogen and oxygen atoms in total. The summed E-state index contributed by atoms with van der Waals surface area (Å²) >= 11 is 5.94. The van der Waals surface area contributed by atoms with Crippen LogP contribution in [0, 0.1) is 0 Å². The van der Waals surface area contributed by atoms with Crippen molar-refractivity contribution in [1.82, 2.24) is 19.9 Å². The summed E-state index contributed by atoms with van der Waals surface area (Å²) in [6.07, 6.45) is 2.36. The number of nitrogens with one attached hydrogen (secondary N) is 1. The van der Waals surface area contributed by atoms with Crippen LogP contribution in [0.15, 0.2) is 66.9 Å². The number of nitrogens with zero attached hydrogens (tertiary/aromatic N) is 3. The number of fused-ring (bicyclic) bond motifs is 1. The normalized spacial score (nSPS) is 12.1. The van der Waals surface area contributed by atoms with Crippen molar-refractivity contribution < 1.29 is 18.3 Å². The largest absolute Gasteiger partial charge is 0.435 e. The summed E-state index contributed by atoms with van der Waals surface area (Å²) < 4.78 is 31.2. The van der Waals surface area contributed by atoms with Gasteiger partial charge in [-0.2, -0.15) is 8.78 Å². The minimum Gasteiger partial charge on any atom is -0.435 e. The summed E-state index contributed by atoms with van der Waals surface area (Å²) in [6.45, 7) is -0.518. The first kappa shape index (κ1) is 23.6. The van der Waals surface area contributed by atoms with E-state index in [2.05, 4.69) is 20.0 Å². The molecule has 2 aromatic heterocycles. The molecule has 0 unspecified atom stereocenters. The fourth-order valence-electron chi connectivity index (χ4n) is 3.70. The minimum absolute atomic E-state index is 0.0949. The van der Waals surface area contributed by atoms with Crippen molar-refractivity contribution in [3.05, 3.63) is 88.8 Å². The number of halogens is 3. The predicted molar refractivity (Wildman–Crippen MR) is 126 cm³/mol. The molecule has 0 spiro atoms. The highest BCUT2D eigenvalue weighted by molar-refractivity contribution is 6.30. The van der Waals surface area contributed by atoms with Gasteiger partial charge in [0.2, 0.25) is 5.91 Å². The molecular formula is C25H23ClF2N4O2. The molecule has 0 saturated heterocycles. The number of amides is 1. The second-order valence-electron chi connectivity index (χ2n) is 7.82. The maximum atomic E-state index is 12.6. The summed E-state index contributed by atoms with van der Waals surface area (Å²) in [5, 5.41) is 3.65. The molecule has 0 aliphatic carbocycles. The lowest BCUT2D eigenvalue weighted by molar-refractivity contribution is -0.121. The Morgan fingerprint density at radius 2 is 1.85 bits per heavy atom. The van der Waals surface area contributed by atoms with Crippen LogP contribution in [0.4, 0.5) is 8.78 Å². The molecule has 2 heterocycles. The molecule has 0 fully saturated rings. The van der Waals surface area contributed by atoms with Gasteiger partial charge in [0.05, 0.1) is 12.6 Å². The number of carbonyl (C=O) groups is 1. The van der Waals surface area contributed by atoms with Crippen LogP contribution in [-0.4, -0.2) is 27.1 Å². The number of pyridine rings is 1. The first-order valence-electron chi connectivity index (χ1n) is 10.8. The molecule has 34 heavy (non-hydrogen) atoms. The summed E-state index contributed by atoms with van der Waals surface area (Å²) in [6, 6.07) is 17.3. The van der Waals surface area contributed by atoms with Gasteiger partial charge >= 0.3 is 6.61 Å². The van der Waals surface area contributed by atoms with Crippen LogP contribution in [0.3, 0.4) is 0 Å². The van der Waals surface area contributed by atoms with Gasteiger partial charge in [-0.05, 0) is 54.4 Å². The molecule has 0 bridgehead atoms. The summed E-state index contributed by atoms with van der Waals surface area (Å²) in [4.78, 5) is 21.7. The number of alkyl halides is 2. The van der Waals surface area contributed by atoms with Gasteiger partial charge in [-0.15, -0.1) is 0 Å². The molecule has 4 rings (SSSR count). The molecule has 0 aliphatic heterocycles. The number of aromatic nitrogens is 3. The maximum Gasteiger partial charge on any atom is 0.387 e. The number of rotatable bonds is 9. The van der Waals surface area contributed by atoms with Crippen LogP contribution in [0.1, 0.15) is 36.3 Å². The number of hydrogen-bond donors (Lipinski definition) is 1. The van der Waals surface area contributed by atoms with E-state index >= 15 is 0 Å². The second-order valence-corrected chi connectivity index (χ2v) is 8.26. The van der Waals surface area contributed by atoms with E-state index in [9.17, 15) is 13.6 Å². The fourth-order valence-corrected chi connectivity index (χ4v) is 3.82. The van der Waals surface area contributed by atoms with E-state index in [4.69, 9.17) is 11.6 Å². The number of ether oxygens (including phenoxy) is 1. The van der Waals surface area contributed by atoms with E-state index in [0.29, 0.717) is 23.6 Å². The predicted octanol–water partition coefficient (Wildman–Crippen LogP) is 5.54. The topological polar surface area (TPSA) is 69.0 Å². The van der Waals surface area contributed by atoms with E-state index in [-0.39, 0.29) is 24.1 Å². The molecule has 2 aromatic carbocycles. The average molecular weight is 485 g/mol. The number of imidazole rings is 1. The fraction of sp³-hybridized carbons (Fsp3) is 0.240. The molecule has 4 aromatic rings. The molecule has 176 valence electrons. The zero-order valence-corrected chi connectivity index (χ0v) is 19.2. The van der Waals surface area contributed by atoms with Crippen molar-refractivity contribution in [1.29, 1.82) is 0 Å². The van der Waals surface area contributed by atoms with Gasteiger partial charge < -0.3 is 14.6 Å². The third-order valence-electron chi connectivity index (χ3n) is 5.40. The number of carbonyl (C=O) groups excluding carboxylic acids is 1. The lowest BCUT2D eigenvalue weighted by atomic mass is 10.1. The van der Waals surface area contributed by atoms with Crippen LogP contribution in [0.5, 0.6) is 5.75 Å². The monoisotopic (exact) mass is 484 g/mol. The van der Waals surface area contributed by atoms with E-state index in [1.54, 1.807) is 36.5 Å². The number of benzene rings is 2. The average Bonchev–Trinajstić information content (AvgIpc) is 3.16. The highest BCUT2D eigenvalue weighted by Gasteiger charge is 2.15. The Bertz CT molecular complexity index is 1260. The van der Waals surface area contributed by atoms with Gasteiger partial charge in [0.15, 0.2) is 5.65 Å². The second kappa shape index (κ2) is 10.6. The van der Waals surface area contributed by atoms with Crippen molar-refractivity contribution in [2.24, 2.45) is 0 Å². The lowest BCUT2D eigenvalue weighted by Gasteiger charge is -2.15. The Kier molecular flexibility index (Phi) is 7.37. The number of aryl methyl sites for hydroxylation is 1. The molecule has 9 heteroatoms. The Balaban J connectivity index is 1.46. The molecule has 1 N–H and O–H groups in total. The third-order valence-corrected chi connectivity index (χ3v) is 5.65. The van der Waals surface area contributed by atoms with Crippen LogP contribution in [0.2, 0.25) is 5.02 Å².